The summed E-state index contributed by atoms with van der Waals surface area (Å²) in [6.45, 7) is -0.653. The quantitative estimate of drug-likeness (QED) is 0.369. The fraction of sp³-hybridized carbons (Fsp3) is 1.00. The molecule has 0 spiro atoms. The van der Waals surface area contributed by atoms with Crippen molar-refractivity contribution < 1.29 is 25.2 Å². The highest BCUT2D eigenvalue weighted by molar-refractivity contribution is 4.73. The van der Waals surface area contributed by atoms with Gasteiger partial charge in [0.05, 0.1) is 13.2 Å². The topological polar surface area (TPSA) is 90.2 Å². The van der Waals surface area contributed by atoms with E-state index in [9.17, 15) is 0 Å². The van der Waals surface area contributed by atoms with Gasteiger partial charge in [-0.3, -0.25) is 0 Å². The minimum absolute atomic E-state index is 0.0712. The first-order valence-electron chi connectivity index (χ1n) is 3.27. The van der Waals surface area contributed by atoms with E-state index in [1.165, 1.54) is 7.11 Å². The molecule has 5 nitrogen and oxygen atoms in total. The molecule has 0 saturated heterocycles. The lowest BCUT2D eigenvalue weighted by Gasteiger charge is -2.20. The predicted molar refractivity (Wildman–Crippen MR) is 37.0 cm³/mol. The summed E-state index contributed by atoms with van der Waals surface area (Å²) in [6.07, 6.45) is -3.85. The minimum Gasteiger partial charge on any atom is -0.394 e. The summed E-state index contributed by atoms with van der Waals surface area (Å²) < 4.78 is 4.52. The molecule has 0 aromatic carbocycles. The molecule has 0 aromatic rings. The van der Waals surface area contributed by atoms with Gasteiger partial charge in [-0.1, -0.05) is 0 Å². The molecule has 0 aliphatic heterocycles. The average molecular weight is 166 g/mol. The fourth-order valence-corrected chi connectivity index (χ4v) is 0.634. The van der Waals surface area contributed by atoms with Gasteiger partial charge in [-0.25, -0.2) is 0 Å². The zero-order valence-corrected chi connectivity index (χ0v) is 6.34. The van der Waals surface area contributed by atoms with E-state index in [0.717, 1.165) is 0 Å². The summed E-state index contributed by atoms with van der Waals surface area (Å²) >= 11 is 0. The van der Waals surface area contributed by atoms with E-state index in [-0.39, 0.29) is 6.61 Å². The number of rotatable bonds is 5. The Balaban J connectivity index is 3.70. The van der Waals surface area contributed by atoms with Crippen molar-refractivity contribution >= 4 is 0 Å². The molecule has 2 unspecified atom stereocenters. The van der Waals surface area contributed by atoms with Crippen molar-refractivity contribution in [2.75, 3.05) is 20.3 Å². The lowest BCUT2D eigenvalue weighted by molar-refractivity contribution is -0.0947. The highest BCUT2D eigenvalue weighted by Gasteiger charge is 2.23. The second-order valence-corrected chi connectivity index (χ2v) is 2.26. The standard InChI is InChI=1S/C6H14O5/c1-11-3-5(9)6(10)4(8)2-7/h4-10H,2-3H2,1H3/t4?,5-,6?/m1/s1. The van der Waals surface area contributed by atoms with E-state index in [2.05, 4.69) is 4.74 Å². The molecule has 4 N–H and O–H groups in total. The van der Waals surface area contributed by atoms with Crippen molar-refractivity contribution in [3.05, 3.63) is 0 Å². The first-order valence-corrected chi connectivity index (χ1v) is 3.27. The summed E-state index contributed by atoms with van der Waals surface area (Å²) in [5.41, 5.74) is 0. The second-order valence-electron chi connectivity index (χ2n) is 2.26. The smallest absolute Gasteiger partial charge is 0.110 e. The molecule has 0 heterocycles. The van der Waals surface area contributed by atoms with E-state index in [1.54, 1.807) is 0 Å². The van der Waals surface area contributed by atoms with E-state index in [4.69, 9.17) is 20.4 Å². The molecule has 5 heteroatoms. The Bertz CT molecular complexity index is 97.0. The third-order valence-electron chi connectivity index (χ3n) is 1.31. The number of ether oxygens (including phenoxy) is 1. The number of hydrogen-bond donors (Lipinski definition) is 4. The van der Waals surface area contributed by atoms with Crippen LogP contribution in [0.25, 0.3) is 0 Å². The van der Waals surface area contributed by atoms with Crippen LogP contribution < -0.4 is 0 Å². The third-order valence-corrected chi connectivity index (χ3v) is 1.31. The van der Waals surface area contributed by atoms with Gasteiger partial charge in [-0.05, 0) is 0 Å². The Morgan fingerprint density at radius 3 is 2.09 bits per heavy atom. The van der Waals surface area contributed by atoms with Crippen molar-refractivity contribution in [1.29, 1.82) is 0 Å². The molecule has 0 saturated carbocycles. The first-order chi connectivity index (χ1) is 5.13. The zero-order valence-electron chi connectivity index (χ0n) is 6.34. The number of hydrogen-bond acceptors (Lipinski definition) is 5. The van der Waals surface area contributed by atoms with E-state index in [1.807, 2.05) is 0 Å². The predicted octanol–water partition coefficient (Wildman–Crippen LogP) is -2.29. The molecular weight excluding hydrogens is 152 g/mol. The van der Waals surface area contributed by atoms with Gasteiger partial charge in [0.1, 0.15) is 18.3 Å². The number of aliphatic hydroxyl groups excluding tert-OH is 4. The SMILES string of the molecule is COC[C@@H](O)C(O)C(O)CO. The molecule has 3 atom stereocenters. The van der Waals surface area contributed by atoms with Crippen LogP contribution in [0.3, 0.4) is 0 Å². The van der Waals surface area contributed by atoms with Crippen molar-refractivity contribution in [3.63, 3.8) is 0 Å². The van der Waals surface area contributed by atoms with Gasteiger partial charge in [0.25, 0.3) is 0 Å². The van der Waals surface area contributed by atoms with Crippen LogP contribution in [-0.4, -0.2) is 59.1 Å². The van der Waals surface area contributed by atoms with Gasteiger partial charge in [-0.2, -0.15) is 0 Å². The van der Waals surface area contributed by atoms with Gasteiger partial charge in [-0.15, -0.1) is 0 Å². The van der Waals surface area contributed by atoms with Crippen molar-refractivity contribution in [3.8, 4) is 0 Å². The van der Waals surface area contributed by atoms with Gasteiger partial charge in [0.2, 0.25) is 0 Å². The Kier molecular flexibility index (Phi) is 5.35. The van der Waals surface area contributed by atoms with Crippen LogP contribution in [0.1, 0.15) is 0 Å². The lowest BCUT2D eigenvalue weighted by atomic mass is 10.1. The van der Waals surface area contributed by atoms with Gasteiger partial charge in [0.15, 0.2) is 0 Å². The van der Waals surface area contributed by atoms with Crippen LogP contribution in [0.5, 0.6) is 0 Å². The Labute approximate surface area is 64.9 Å². The summed E-state index contributed by atoms with van der Waals surface area (Å²) in [4.78, 5) is 0. The molecule has 0 fully saturated rings. The maximum absolute atomic E-state index is 8.98. The van der Waals surface area contributed by atoms with Crippen molar-refractivity contribution in [2.45, 2.75) is 18.3 Å². The highest BCUT2D eigenvalue weighted by Crippen LogP contribution is 1.99. The molecule has 0 bridgehead atoms. The van der Waals surface area contributed by atoms with Gasteiger partial charge >= 0.3 is 0 Å². The molecular formula is C6H14O5. The average Bonchev–Trinajstić information content (AvgIpc) is 2.02. The van der Waals surface area contributed by atoms with Gasteiger partial charge < -0.3 is 25.2 Å². The Hall–Kier alpha value is -0.200. The van der Waals surface area contributed by atoms with Crippen molar-refractivity contribution in [1.82, 2.24) is 0 Å². The molecule has 0 amide bonds. The van der Waals surface area contributed by atoms with Crippen molar-refractivity contribution in [2.24, 2.45) is 0 Å². The second kappa shape index (κ2) is 5.45. The van der Waals surface area contributed by atoms with E-state index >= 15 is 0 Å². The monoisotopic (exact) mass is 166 g/mol. The van der Waals surface area contributed by atoms with Crippen LogP contribution in [0, 0.1) is 0 Å². The molecule has 0 rings (SSSR count). The summed E-state index contributed by atoms with van der Waals surface area (Å²) in [5.74, 6) is 0. The number of methoxy groups -OCH3 is 1. The summed E-state index contributed by atoms with van der Waals surface area (Å²) in [6, 6.07) is 0. The maximum Gasteiger partial charge on any atom is 0.110 e. The first kappa shape index (κ1) is 10.8. The lowest BCUT2D eigenvalue weighted by Crippen LogP contribution is -2.41. The van der Waals surface area contributed by atoms with Gasteiger partial charge in [0, 0.05) is 7.11 Å². The Morgan fingerprint density at radius 2 is 1.73 bits per heavy atom. The molecule has 0 aromatic heterocycles. The highest BCUT2D eigenvalue weighted by atomic mass is 16.5. The molecule has 11 heavy (non-hydrogen) atoms. The molecule has 0 aliphatic rings. The van der Waals surface area contributed by atoms with Crippen LogP contribution >= 0.6 is 0 Å². The van der Waals surface area contributed by atoms with E-state index < -0.39 is 24.9 Å². The molecule has 0 radical (unpaired) electrons. The van der Waals surface area contributed by atoms with E-state index in [0.29, 0.717) is 0 Å². The van der Waals surface area contributed by atoms with Crippen LogP contribution in [0.4, 0.5) is 0 Å². The normalized spacial score (nSPS) is 19.4. The van der Waals surface area contributed by atoms with Crippen LogP contribution in [0.2, 0.25) is 0 Å². The molecule has 68 valence electrons. The summed E-state index contributed by atoms with van der Waals surface area (Å²) in [7, 11) is 1.36. The third kappa shape index (κ3) is 3.64. The maximum atomic E-state index is 8.98. The zero-order chi connectivity index (χ0) is 8.85. The van der Waals surface area contributed by atoms with Crippen LogP contribution in [-0.2, 0) is 4.74 Å². The molecule has 0 aliphatic carbocycles. The fourth-order valence-electron chi connectivity index (χ4n) is 0.634. The summed E-state index contributed by atoms with van der Waals surface area (Å²) in [5, 5.41) is 35.1. The largest absolute Gasteiger partial charge is 0.394 e. The number of aliphatic hydroxyl groups is 4. The van der Waals surface area contributed by atoms with Crippen LogP contribution in [0.15, 0.2) is 0 Å². The Morgan fingerprint density at radius 1 is 1.18 bits per heavy atom. The minimum atomic E-state index is -1.36.